The molecule has 1 aliphatic rings. The van der Waals surface area contributed by atoms with Crippen molar-refractivity contribution in [1.82, 2.24) is 5.32 Å². The molecule has 1 aromatic carbocycles. The zero-order valence-electron chi connectivity index (χ0n) is 11.8. The highest BCUT2D eigenvalue weighted by Gasteiger charge is 2.26. The Kier molecular flexibility index (Phi) is 5.30. The minimum Gasteiger partial charge on any atom is -0.309 e. The van der Waals surface area contributed by atoms with Gasteiger partial charge in [-0.25, -0.2) is 0 Å². The maximum atomic E-state index is 8.88. The van der Waals surface area contributed by atoms with Crippen molar-refractivity contribution in [3.05, 3.63) is 34.9 Å². The van der Waals surface area contributed by atoms with Crippen LogP contribution in [0, 0.1) is 18.3 Å². The first-order chi connectivity index (χ1) is 9.24. The first kappa shape index (κ1) is 14.4. The lowest BCUT2D eigenvalue weighted by molar-refractivity contribution is 0.531. The fourth-order valence-electron chi connectivity index (χ4n) is 2.78. The molecule has 1 saturated carbocycles. The van der Waals surface area contributed by atoms with Crippen molar-refractivity contribution in [2.75, 3.05) is 5.75 Å². The molecule has 0 spiro atoms. The minimum absolute atomic E-state index is 0.653. The second-order valence-corrected chi connectivity index (χ2v) is 6.68. The van der Waals surface area contributed by atoms with Crippen molar-refractivity contribution in [1.29, 1.82) is 5.26 Å². The standard InChI is InChI=1S/C16H22N2S/c1-3-19-16-6-4-5-15(16)18-11-14-8-7-13(10-17)9-12(14)2/h7-9,15-16,18H,3-6,11H2,1-2H3. The van der Waals surface area contributed by atoms with E-state index in [0.717, 1.165) is 17.4 Å². The number of aryl methyl sites for hydroxylation is 1. The van der Waals surface area contributed by atoms with Crippen molar-refractivity contribution < 1.29 is 0 Å². The van der Waals surface area contributed by atoms with E-state index in [1.54, 1.807) is 0 Å². The molecule has 0 heterocycles. The van der Waals surface area contributed by atoms with Crippen molar-refractivity contribution in [3.63, 3.8) is 0 Å². The van der Waals surface area contributed by atoms with Crippen molar-refractivity contribution in [2.24, 2.45) is 0 Å². The molecule has 0 aliphatic heterocycles. The summed E-state index contributed by atoms with van der Waals surface area (Å²) in [5, 5.41) is 13.4. The monoisotopic (exact) mass is 274 g/mol. The topological polar surface area (TPSA) is 35.8 Å². The molecule has 0 amide bonds. The maximum Gasteiger partial charge on any atom is 0.0991 e. The van der Waals surface area contributed by atoms with Crippen LogP contribution in [0.5, 0.6) is 0 Å². The number of hydrogen-bond acceptors (Lipinski definition) is 3. The number of nitrogens with one attached hydrogen (secondary N) is 1. The second-order valence-electron chi connectivity index (χ2n) is 5.17. The van der Waals surface area contributed by atoms with Gasteiger partial charge in [0.15, 0.2) is 0 Å². The van der Waals surface area contributed by atoms with Gasteiger partial charge in [0.25, 0.3) is 0 Å². The summed E-state index contributed by atoms with van der Waals surface area (Å²) in [6.45, 7) is 5.25. The Labute approximate surface area is 120 Å². The molecule has 0 aromatic heterocycles. The molecule has 2 atom stereocenters. The van der Waals surface area contributed by atoms with Crippen LogP contribution < -0.4 is 5.32 Å². The zero-order chi connectivity index (χ0) is 13.7. The van der Waals surface area contributed by atoms with E-state index in [4.69, 9.17) is 5.26 Å². The molecule has 2 unspecified atom stereocenters. The summed E-state index contributed by atoms with van der Waals surface area (Å²) in [7, 11) is 0. The lowest BCUT2D eigenvalue weighted by atomic mass is 10.1. The second kappa shape index (κ2) is 6.98. The highest BCUT2D eigenvalue weighted by Crippen LogP contribution is 2.30. The highest BCUT2D eigenvalue weighted by atomic mass is 32.2. The van der Waals surface area contributed by atoms with Crippen molar-refractivity contribution in [2.45, 2.75) is 50.9 Å². The summed E-state index contributed by atoms with van der Waals surface area (Å²) in [5.74, 6) is 1.21. The fourth-order valence-corrected chi connectivity index (χ4v) is 4.00. The van der Waals surface area contributed by atoms with Gasteiger partial charge in [-0.2, -0.15) is 17.0 Å². The molecule has 1 N–H and O–H groups in total. The van der Waals surface area contributed by atoms with Crippen LogP contribution >= 0.6 is 11.8 Å². The highest BCUT2D eigenvalue weighted by molar-refractivity contribution is 7.99. The van der Waals surface area contributed by atoms with E-state index in [2.05, 4.69) is 43.1 Å². The van der Waals surface area contributed by atoms with Gasteiger partial charge in [0, 0.05) is 17.8 Å². The summed E-state index contributed by atoms with van der Waals surface area (Å²) in [6.07, 6.45) is 4.00. The van der Waals surface area contributed by atoms with E-state index in [1.165, 1.54) is 36.1 Å². The first-order valence-electron chi connectivity index (χ1n) is 7.09. The van der Waals surface area contributed by atoms with Crippen LogP contribution in [-0.4, -0.2) is 17.0 Å². The summed E-state index contributed by atoms with van der Waals surface area (Å²) in [5.41, 5.74) is 3.27. The minimum atomic E-state index is 0.653. The van der Waals surface area contributed by atoms with Gasteiger partial charge in [-0.1, -0.05) is 19.4 Å². The number of thioether (sulfide) groups is 1. The number of hydrogen-bond donors (Lipinski definition) is 1. The Morgan fingerprint density at radius 3 is 2.95 bits per heavy atom. The molecular weight excluding hydrogens is 252 g/mol. The number of rotatable bonds is 5. The van der Waals surface area contributed by atoms with Gasteiger partial charge < -0.3 is 5.32 Å². The molecule has 2 rings (SSSR count). The maximum absolute atomic E-state index is 8.88. The van der Waals surface area contributed by atoms with Crippen LogP contribution in [0.4, 0.5) is 0 Å². The van der Waals surface area contributed by atoms with E-state index in [1.807, 2.05) is 12.1 Å². The Bertz CT molecular complexity index is 464. The number of nitriles is 1. The van der Waals surface area contributed by atoms with Crippen LogP contribution in [0.3, 0.4) is 0 Å². The molecular formula is C16H22N2S. The average Bonchev–Trinajstić information content (AvgIpc) is 2.85. The van der Waals surface area contributed by atoms with Crippen LogP contribution in [0.15, 0.2) is 18.2 Å². The van der Waals surface area contributed by atoms with Gasteiger partial charge in [-0.05, 0) is 48.8 Å². The molecule has 0 radical (unpaired) electrons. The smallest absolute Gasteiger partial charge is 0.0991 e. The van der Waals surface area contributed by atoms with E-state index in [9.17, 15) is 0 Å². The Hall–Kier alpha value is -0.980. The third-order valence-electron chi connectivity index (χ3n) is 3.86. The van der Waals surface area contributed by atoms with Crippen molar-refractivity contribution >= 4 is 11.8 Å². The van der Waals surface area contributed by atoms with Gasteiger partial charge in [0.1, 0.15) is 0 Å². The van der Waals surface area contributed by atoms with Crippen molar-refractivity contribution in [3.8, 4) is 6.07 Å². The predicted octanol–water partition coefficient (Wildman–Crippen LogP) is 3.63. The third-order valence-corrected chi connectivity index (χ3v) is 5.19. The van der Waals surface area contributed by atoms with Crippen LogP contribution in [-0.2, 0) is 6.54 Å². The third kappa shape index (κ3) is 3.75. The van der Waals surface area contributed by atoms with Crippen LogP contribution in [0.2, 0.25) is 0 Å². The fraction of sp³-hybridized carbons (Fsp3) is 0.562. The lowest BCUT2D eigenvalue weighted by Crippen LogP contribution is -2.33. The summed E-state index contributed by atoms with van der Waals surface area (Å²) in [6, 6.07) is 8.82. The van der Waals surface area contributed by atoms with Gasteiger partial charge >= 0.3 is 0 Å². The molecule has 102 valence electrons. The zero-order valence-corrected chi connectivity index (χ0v) is 12.6. The molecule has 0 saturated heterocycles. The Morgan fingerprint density at radius 2 is 2.26 bits per heavy atom. The Morgan fingerprint density at radius 1 is 1.42 bits per heavy atom. The van der Waals surface area contributed by atoms with Gasteiger partial charge in [0.05, 0.1) is 11.6 Å². The van der Waals surface area contributed by atoms with Crippen LogP contribution in [0.25, 0.3) is 0 Å². The molecule has 1 aromatic rings. The summed E-state index contributed by atoms with van der Waals surface area (Å²) >= 11 is 2.09. The van der Waals surface area contributed by atoms with E-state index in [-0.39, 0.29) is 0 Å². The molecule has 2 nitrogen and oxygen atoms in total. The van der Waals surface area contributed by atoms with Gasteiger partial charge in [-0.15, -0.1) is 0 Å². The molecule has 1 fully saturated rings. The average molecular weight is 274 g/mol. The van der Waals surface area contributed by atoms with Crippen LogP contribution in [0.1, 0.15) is 42.9 Å². The molecule has 1 aliphatic carbocycles. The van der Waals surface area contributed by atoms with E-state index < -0.39 is 0 Å². The molecule has 0 bridgehead atoms. The molecule has 3 heteroatoms. The van der Waals surface area contributed by atoms with Gasteiger partial charge in [0.2, 0.25) is 0 Å². The van der Waals surface area contributed by atoms with E-state index >= 15 is 0 Å². The number of benzene rings is 1. The number of nitrogens with zero attached hydrogens (tertiary/aromatic N) is 1. The predicted molar refractivity (Wildman–Crippen MR) is 82.3 cm³/mol. The quantitative estimate of drug-likeness (QED) is 0.890. The normalized spacial score (nSPS) is 22.4. The van der Waals surface area contributed by atoms with E-state index in [0.29, 0.717) is 6.04 Å². The van der Waals surface area contributed by atoms with Gasteiger partial charge in [-0.3, -0.25) is 0 Å². The summed E-state index contributed by atoms with van der Waals surface area (Å²) < 4.78 is 0. The molecule has 19 heavy (non-hydrogen) atoms. The SMILES string of the molecule is CCSC1CCCC1NCc1ccc(C#N)cc1C. The Balaban J connectivity index is 1.93. The summed E-state index contributed by atoms with van der Waals surface area (Å²) in [4.78, 5) is 0. The first-order valence-corrected chi connectivity index (χ1v) is 8.14. The lowest BCUT2D eigenvalue weighted by Gasteiger charge is -2.20. The largest absolute Gasteiger partial charge is 0.309 e.